The number of terminal acetylenes is 1. The van der Waals surface area contributed by atoms with E-state index < -0.39 is 5.91 Å². The van der Waals surface area contributed by atoms with Gasteiger partial charge in [-0.05, 0) is 18.1 Å². The number of nitrogens with two attached hydrogens (primary N) is 1. The molecule has 1 aromatic rings. The Morgan fingerprint density at radius 1 is 1.53 bits per heavy atom. The van der Waals surface area contributed by atoms with Crippen LogP contribution in [-0.2, 0) is 0 Å². The number of para-hydroxylation sites is 1. The predicted octanol–water partition coefficient (Wildman–Crippen LogP) is 1.36. The van der Waals surface area contributed by atoms with E-state index in [9.17, 15) is 9.90 Å². The Morgan fingerprint density at radius 3 is 2.71 bits per heavy atom. The number of anilines is 1. The molecule has 0 saturated carbocycles. The lowest BCUT2D eigenvalue weighted by atomic mass is 10.0. The van der Waals surface area contributed by atoms with Crippen molar-refractivity contribution in [2.75, 3.05) is 5.73 Å². The van der Waals surface area contributed by atoms with Crippen molar-refractivity contribution in [3.8, 4) is 18.1 Å². The fourth-order valence-corrected chi connectivity index (χ4v) is 1.36. The molecule has 1 unspecified atom stereocenters. The minimum Gasteiger partial charge on any atom is -0.505 e. The average molecular weight is 232 g/mol. The van der Waals surface area contributed by atoms with E-state index in [1.807, 2.05) is 13.8 Å². The summed E-state index contributed by atoms with van der Waals surface area (Å²) in [5.41, 5.74) is 5.81. The maximum Gasteiger partial charge on any atom is 0.256 e. The van der Waals surface area contributed by atoms with E-state index >= 15 is 0 Å². The van der Waals surface area contributed by atoms with Gasteiger partial charge in [0.1, 0.15) is 0 Å². The van der Waals surface area contributed by atoms with Crippen molar-refractivity contribution in [1.82, 2.24) is 5.32 Å². The molecular weight excluding hydrogens is 216 g/mol. The molecule has 0 aliphatic heterocycles. The highest BCUT2D eigenvalue weighted by molar-refractivity contribution is 5.98. The number of phenolic OH excluding ortho intramolecular Hbond substituents is 1. The van der Waals surface area contributed by atoms with Crippen molar-refractivity contribution < 1.29 is 9.90 Å². The molecule has 17 heavy (non-hydrogen) atoms. The topological polar surface area (TPSA) is 75.4 Å². The molecule has 1 amide bonds. The van der Waals surface area contributed by atoms with Crippen LogP contribution in [0.5, 0.6) is 5.75 Å². The van der Waals surface area contributed by atoms with Crippen LogP contribution >= 0.6 is 0 Å². The first-order chi connectivity index (χ1) is 7.97. The second kappa shape index (κ2) is 5.26. The summed E-state index contributed by atoms with van der Waals surface area (Å²) in [5, 5.41) is 12.3. The molecule has 4 nitrogen and oxygen atoms in total. The number of rotatable bonds is 3. The van der Waals surface area contributed by atoms with Gasteiger partial charge in [-0.25, -0.2) is 0 Å². The zero-order valence-electron chi connectivity index (χ0n) is 9.90. The van der Waals surface area contributed by atoms with Crippen LogP contribution in [0.15, 0.2) is 18.2 Å². The molecule has 0 aliphatic rings. The third-order valence-corrected chi connectivity index (χ3v) is 2.44. The molecule has 0 bridgehead atoms. The Bertz CT molecular complexity index is 461. The van der Waals surface area contributed by atoms with Gasteiger partial charge in [0.15, 0.2) is 5.75 Å². The van der Waals surface area contributed by atoms with Crippen LogP contribution in [0.25, 0.3) is 0 Å². The number of carbonyl (C=O) groups excluding carboxylic acids is 1. The van der Waals surface area contributed by atoms with Crippen LogP contribution in [0.1, 0.15) is 24.2 Å². The molecular formula is C13H16N2O2. The van der Waals surface area contributed by atoms with Crippen LogP contribution in [0.3, 0.4) is 0 Å². The second-order valence-corrected chi connectivity index (χ2v) is 4.11. The van der Waals surface area contributed by atoms with Crippen molar-refractivity contribution in [3.05, 3.63) is 23.8 Å². The van der Waals surface area contributed by atoms with Gasteiger partial charge in [0.05, 0.1) is 17.3 Å². The maximum absolute atomic E-state index is 11.9. The number of benzene rings is 1. The number of nitrogen functional groups attached to an aromatic ring is 1. The van der Waals surface area contributed by atoms with Crippen molar-refractivity contribution in [3.63, 3.8) is 0 Å². The Balaban J connectivity index is 2.91. The highest BCUT2D eigenvalue weighted by atomic mass is 16.3. The summed E-state index contributed by atoms with van der Waals surface area (Å²) in [5.74, 6) is 1.97. The summed E-state index contributed by atoms with van der Waals surface area (Å²) in [6.45, 7) is 3.81. The summed E-state index contributed by atoms with van der Waals surface area (Å²) in [7, 11) is 0. The third kappa shape index (κ3) is 2.91. The first-order valence-electron chi connectivity index (χ1n) is 5.31. The smallest absolute Gasteiger partial charge is 0.256 e. The van der Waals surface area contributed by atoms with Crippen molar-refractivity contribution in [2.45, 2.75) is 19.9 Å². The molecule has 0 heterocycles. The Morgan fingerprint density at radius 2 is 2.18 bits per heavy atom. The maximum atomic E-state index is 11.9. The summed E-state index contributed by atoms with van der Waals surface area (Å²) in [6, 6.07) is 4.25. The zero-order chi connectivity index (χ0) is 13.0. The molecule has 0 aliphatic carbocycles. The summed E-state index contributed by atoms with van der Waals surface area (Å²) in [6.07, 6.45) is 5.32. The van der Waals surface area contributed by atoms with Gasteiger partial charge in [-0.1, -0.05) is 25.8 Å². The largest absolute Gasteiger partial charge is 0.505 e. The van der Waals surface area contributed by atoms with E-state index in [0.29, 0.717) is 0 Å². The molecule has 0 radical (unpaired) electrons. The molecule has 0 spiro atoms. The minimum absolute atomic E-state index is 0.118. The molecule has 0 saturated heterocycles. The highest BCUT2D eigenvalue weighted by Crippen LogP contribution is 2.24. The molecule has 0 fully saturated rings. The van der Waals surface area contributed by atoms with Crippen molar-refractivity contribution in [2.24, 2.45) is 5.92 Å². The molecule has 1 atom stereocenters. The third-order valence-electron chi connectivity index (χ3n) is 2.44. The standard InChI is InChI=1S/C13H16N2O2/c1-4-11(8(2)3)15-13(17)9-6-5-7-10(14)12(9)16/h1,5-8,11,16H,14H2,2-3H3,(H,15,17). The highest BCUT2D eigenvalue weighted by Gasteiger charge is 2.17. The van der Waals surface area contributed by atoms with Crippen LogP contribution < -0.4 is 11.1 Å². The van der Waals surface area contributed by atoms with E-state index in [0.717, 1.165) is 0 Å². The number of amides is 1. The van der Waals surface area contributed by atoms with E-state index in [2.05, 4.69) is 11.2 Å². The average Bonchev–Trinajstić information content (AvgIpc) is 2.28. The number of carbonyl (C=O) groups is 1. The molecule has 90 valence electrons. The number of hydrogen-bond donors (Lipinski definition) is 3. The van der Waals surface area contributed by atoms with Gasteiger partial charge < -0.3 is 16.2 Å². The number of nitrogens with one attached hydrogen (secondary N) is 1. The van der Waals surface area contributed by atoms with Gasteiger partial charge in [-0.2, -0.15) is 0 Å². The van der Waals surface area contributed by atoms with E-state index in [4.69, 9.17) is 12.2 Å². The monoisotopic (exact) mass is 232 g/mol. The molecule has 4 N–H and O–H groups in total. The molecule has 1 aromatic carbocycles. The van der Waals surface area contributed by atoms with Crippen LogP contribution in [0, 0.1) is 18.3 Å². The van der Waals surface area contributed by atoms with Gasteiger partial charge in [0, 0.05) is 0 Å². The van der Waals surface area contributed by atoms with Gasteiger partial charge in [0.2, 0.25) is 0 Å². The lowest BCUT2D eigenvalue weighted by Crippen LogP contribution is -2.37. The van der Waals surface area contributed by atoms with Crippen LogP contribution in [-0.4, -0.2) is 17.1 Å². The fraction of sp³-hybridized carbons (Fsp3) is 0.308. The van der Waals surface area contributed by atoms with Crippen molar-refractivity contribution in [1.29, 1.82) is 0 Å². The lowest BCUT2D eigenvalue weighted by molar-refractivity contribution is 0.0935. The Labute approximate surface area is 101 Å². The van der Waals surface area contributed by atoms with Gasteiger partial charge in [-0.15, -0.1) is 6.42 Å². The van der Waals surface area contributed by atoms with Crippen LogP contribution in [0.2, 0.25) is 0 Å². The molecule has 0 aromatic heterocycles. The number of phenols is 1. The van der Waals surface area contributed by atoms with Gasteiger partial charge in [0.25, 0.3) is 5.91 Å². The summed E-state index contributed by atoms with van der Waals surface area (Å²) in [4.78, 5) is 11.9. The first-order valence-corrected chi connectivity index (χ1v) is 5.31. The second-order valence-electron chi connectivity index (χ2n) is 4.11. The fourth-order valence-electron chi connectivity index (χ4n) is 1.36. The summed E-state index contributed by atoms with van der Waals surface area (Å²) >= 11 is 0. The quantitative estimate of drug-likeness (QED) is 0.418. The van der Waals surface area contributed by atoms with E-state index in [1.165, 1.54) is 12.1 Å². The lowest BCUT2D eigenvalue weighted by Gasteiger charge is -2.17. The predicted molar refractivity (Wildman–Crippen MR) is 67.4 cm³/mol. The van der Waals surface area contributed by atoms with Crippen LogP contribution in [0.4, 0.5) is 5.69 Å². The molecule has 1 rings (SSSR count). The van der Waals surface area contributed by atoms with Crippen molar-refractivity contribution >= 4 is 11.6 Å². The molecule has 4 heteroatoms. The Hall–Kier alpha value is -2.15. The van der Waals surface area contributed by atoms with E-state index in [1.54, 1.807) is 6.07 Å². The van der Waals surface area contributed by atoms with E-state index in [-0.39, 0.29) is 29.0 Å². The number of aromatic hydroxyl groups is 1. The Kier molecular flexibility index (Phi) is 4.00. The van der Waals surface area contributed by atoms with Gasteiger partial charge >= 0.3 is 0 Å². The first kappa shape index (κ1) is 12.9. The normalized spacial score (nSPS) is 11.9. The zero-order valence-corrected chi connectivity index (χ0v) is 9.90. The van der Waals surface area contributed by atoms with Gasteiger partial charge in [-0.3, -0.25) is 4.79 Å². The SMILES string of the molecule is C#CC(NC(=O)c1cccc(N)c1O)C(C)C. The summed E-state index contributed by atoms with van der Waals surface area (Å²) < 4.78 is 0. The number of hydrogen-bond acceptors (Lipinski definition) is 3. The minimum atomic E-state index is -0.425.